The van der Waals surface area contributed by atoms with Crippen molar-refractivity contribution >= 4 is 57.7 Å². The summed E-state index contributed by atoms with van der Waals surface area (Å²) in [5, 5.41) is 17.5. The van der Waals surface area contributed by atoms with Gasteiger partial charge in [-0.05, 0) is 94.5 Å². The van der Waals surface area contributed by atoms with Crippen molar-refractivity contribution in [3.8, 4) is 0 Å². The van der Waals surface area contributed by atoms with Gasteiger partial charge in [0.2, 0.25) is 17.8 Å². The van der Waals surface area contributed by atoms with Crippen molar-refractivity contribution in [2.75, 3.05) is 53.6 Å². The lowest BCUT2D eigenvalue weighted by molar-refractivity contribution is -0.125. The molecule has 4 fully saturated rings. The SMILES string of the molecule is CC(=O)c1c(C)c2cnc(Nc3ccc(N4CCN(CC(=O)NC5CC6(C5)CC(Nc5nc(F)ccc5C(=O)Nc5cc(C)n(C)n5)C6)CC4)cn3)nc2n(C2CCCC2)c1=O. The third-order valence-electron chi connectivity index (χ3n) is 13.2. The number of hydrogen-bond donors (Lipinski definition) is 4. The van der Waals surface area contributed by atoms with Crippen molar-refractivity contribution in [3.05, 3.63) is 81.4 Å². The van der Waals surface area contributed by atoms with Crippen LogP contribution in [0.2, 0.25) is 0 Å². The molecule has 9 rings (SSSR count). The van der Waals surface area contributed by atoms with Gasteiger partial charge in [0, 0.05) is 74.7 Å². The Bertz CT molecular complexity index is 2580. The number of rotatable bonds is 12. The van der Waals surface area contributed by atoms with Gasteiger partial charge >= 0.3 is 0 Å². The Balaban J connectivity index is 0.725. The van der Waals surface area contributed by atoms with Crippen LogP contribution in [0.5, 0.6) is 0 Å². The molecule has 2 amide bonds. The molecule has 0 aromatic carbocycles. The number of piperazine rings is 1. The number of nitrogens with zero attached hydrogens (tertiary/aromatic N) is 9. The smallest absolute Gasteiger partial charge is 0.263 e. The maximum Gasteiger partial charge on any atom is 0.263 e. The molecule has 3 aliphatic carbocycles. The maximum atomic E-state index is 14.2. The highest BCUT2D eigenvalue weighted by atomic mass is 19.1. The molecule has 62 heavy (non-hydrogen) atoms. The number of amides is 2. The van der Waals surface area contributed by atoms with Crippen LogP contribution < -0.4 is 31.7 Å². The van der Waals surface area contributed by atoms with E-state index in [1.165, 1.54) is 19.1 Å². The maximum absolute atomic E-state index is 14.2. The minimum atomic E-state index is -0.662. The van der Waals surface area contributed by atoms with Gasteiger partial charge in [0.25, 0.3) is 11.5 Å². The summed E-state index contributed by atoms with van der Waals surface area (Å²) in [5.41, 5.74) is 3.29. The molecule has 3 saturated carbocycles. The number of anilines is 5. The molecule has 4 aliphatic rings. The summed E-state index contributed by atoms with van der Waals surface area (Å²) in [5.74, 6) is 0.218. The van der Waals surface area contributed by atoms with Gasteiger partial charge < -0.3 is 26.2 Å². The molecule has 17 nitrogen and oxygen atoms in total. The summed E-state index contributed by atoms with van der Waals surface area (Å²) >= 11 is 0. The van der Waals surface area contributed by atoms with Crippen molar-refractivity contribution in [1.82, 2.24) is 44.5 Å². The van der Waals surface area contributed by atoms with Crippen LogP contribution in [0.15, 0.2) is 47.5 Å². The summed E-state index contributed by atoms with van der Waals surface area (Å²) in [4.78, 5) is 74.5. The number of ketones is 1. The van der Waals surface area contributed by atoms with Crippen LogP contribution in [0, 0.1) is 25.2 Å². The van der Waals surface area contributed by atoms with Crippen LogP contribution in [0.4, 0.5) is 33.5 Å². The van der Waals surface area contributed by atoms with E-state index in [0.29, 0.717) is 40.7 Å². The first kappa shape index (κ1) is 41.1. The first-order valence-electron chi connectivity index (χ1n) is 21.5. The summed E-state index contributed by atoms with van der Waals surface area (Å²) in [6.45, 7) is 8.42. The summed E-state index contributed by atoms with van der Waals surface area (Å²) in [6.07, 6.45) is 10.8. The van der Waals surface area contributed by atoms with Crippen molar-refractivity contribution in [1.29, 1.82) is 0 Å². The third kappa shape index (κ3) is 8.22. The van der Waals surface area contributed by atoms with E-state index < -0.39 is 11.9 Å². The van der Waals surface area contributed by atoms with Gasteiger partial charge in [0.15, 0.2) is 11.6 Å². The van der Waals surface area contributed by atoms with Crippen molar-refractivity contribution in [2.24, 2.45) is 12.5 Å². The summed E-state index contributed by atoms with van der Waals surface area (Å²) in [7, 11) is 1.79. The number of pyridine rings is 3. The van der Waals surface area contributed by atoms with Crippen molar-refractivity contribution in [3.63, 3.8) is 0 Å². The van der Waals surface area contributed by atoms with E-state index in [-0.39, 0.29) is 57.7 Å². The van der Waals surface area contributed by atoms with E-state index in [9.17, 15) is 23.6 Å². The second-order valence-electron chi connectivity index (χ2n) is 17.6. The second kappa shape index (κ2) is 16.5. The van der Waals surface area contributed by atoms with Gasteiger partial charge in [-0.3, -0.25) is 33.3 Å². The van der Waals surface area contributed by atoms with Crippen LogP contribution in [0.1, 0.15) is 96.3 Å². The fourth-order valence-corrected chi connectivity index (χ4v) is 9.95. The normalized spacial score (nSPS) is 21.4. The summed E-state index contributed by atoms with van der Waals surface area (Å²) < 4.78 is 17.5. The highest BCUT2D eigenvalue weighted by Gasteiger charge is 2.53. The third-order valence-corrected chi connectivity index (χ3v) is 13.2. The number of carbonyl (C=O) groups excluding carboxylic acids is 3. The predicted octanol–water partition coefficient (Wildman–Crippen LogP) is 5.05. The van der Waals surface area contributed by atoms with Crippen molar-refractivity contribution in [2.45, 2.75) is 90.3 Å². The standard InChI is InChI=1S/C44H52FN13O4/c1-25-17-36(54-55(25)4)51-41(61)32-10-11-34(45)50-39(32)49-29-20-44(21-29)18-28(19-44)48-37(60)24-56-13-15-57(16-14-56)31-9-12-35(46-22-31)52-43-47-23-33-26(2)38(27(3)59)42(62)58(40(33)53-43)30-7-5-6-8-30/h9-12,17,22-23,28-30H,5-8,13-16,18-21,24H2,1-4H3,(H,48,60)(H,49,50)(H,51,54,61)(H,46,47,52,53). The second-order valence-corrected chi connectivity index (χ2v) is 17.6. The number of hydrogen-bond acceptors (Lipinski definition) is 13. The van der Waals surface area contributed by atoms with E-state index in [1.807, 2.05) is 25.3 Å². The molecular weight excluding hydrogens is 794 g/mol. The van der Waals surface area contributed by atoms with Gasteiger partial charge in [-0.1, -0.05) is 12.8 Å². The zero-order valence-electron chi connectivity index (χ0n) is 35.5. The largest absolute Gasteiger partial charge is 0.368 e. The number of carbonyl (C=O) groups is 3. The number of halogens is 1. The Hall–Kier alpha value is -6.30. The van der Waals surface area contributed by atoms with Crippen LogP contribution in [-0.2, 0) is 11.8 Å². The molecule has 5 aromatic rings. The lowest BCUT2D eigenvalue weighted by Gasteiger charge is -2.58. The van der Waals surface area contributed by atoms with Gasteiger partial charge in [-0.2, -0.15) is 14.5 Å². The quantitative estimate of drug-likeness (QED) is 0.0964. The zero-order chi connectivity index (χ0) is 43.3. The Morgan fingerprint density at radius 2 is 1.65 bits per heavy atom. The molecule has 6 heterocycles. The highest BCUT2D eigenvalue weighted by Crippen LogP contribution is 2.56. The monoisotopic (exact) mass is 845 g/mol. The number of nitrogens with one attached hydrogen (secondary N) is 4. The fraction of sp³-hybridized carbons (Fsp3) is 0.477. The van der Waals surface area contributed by atoms with Gasteiger partial charge in [0.1, 0.15) is 17.3 Å². The first-order chi connectivity index (χ1) is 29.8. The number of aryl methyl sites for hydroxylation is 3. The molecule has 324 valence electrons. The molecule has 5 aromatic heterocycles. The number of aromatic nitrogens is 7. The first-order valence-corrected chi connectivity index (χ1v) is 21.5. The van der Waals surface area contributed by atoms with Crippen LogP contribution in [0.25, 0.3) is 11.0 Å². The molecule has 1 saturated heterocycles. The fourth-order valence-electron chi connectivity index (χ4n) is 9.95. The Kier molecular flexibility index (Phi) is 10.9. The average Bonchev–Trinajstić information content (AvgIpc) is 3.85. The zero-order valence-corrected chi connectivity index (χ0v) is 35.5. The topological polar surface area (TPSA) is 197 Å². The molecule has 1 spiro atoms. The molecule has 4 N–H and O–H groups in total. The molecule has 0 unspecified atom stereocenters. The van der Waals surface area contributed by atoms with Gasteiger partial charge in [-0.15, -0.1) is 0 Å². The van der Waals surface area contributed by atoms with Gasteiger partial charge in [-0.25, -0.2) is 15.0 Å². The van der Waals surface area contributed by atoms with Gasteiger partial charge in [0.05, 0.1) is 29.6 Å². The molecule has 0 bridgehead atoms. The predicted molar refractivity (Wildman–Crippen MR) is 233 cm³/mol. The van der Waals surface area contributed by atoms with E-state index in [4.69, 9.17) is 4.98 Å². The van der Waals surface area contributed by atoms with Crippen LogP contribution >= 0.6 is 0 Å². The minimum absolute atomic E-state index is 0.00409. The number of Topliss-reactive ketones (excluding diaryl/α,β-unsaturated/α-hetero) is 1. The summed E-state index contributed by atoms with van der Waals surface area (Å²) in [6, 6.07) is 8.42. The molecule has 1 aliphatic heterocycles. The van der Waals surface area contributed by atoms with E-state index in [0.717, 1.165) is 88.9 Å². The van der Waals surface area contributed by atoms with E-state index in [1.54, 1.807) is 35.5 Å². The van der Waals surface area contributed by atoms with E-state index in [2.05, 4.69) is 51.1 Å². The number of fused-ring (bicyclic) bond motifs is 1. The Morgan fingerprint density at radius 3 is 2.32 bits per heavy atom. The molecule has 0 atom stereocenters. The van der Waals surface area contributed by atoms with E-state index >= 15 is 0 Å². The Labute approximate surface area is 357 Å². The lowest BCUT2D eigenvalue weighted by Crippen LogP contribution is -2.60. The Morgan fingerprint density at radius 1 is 0.903 bits per heavy atom. The highest BCUT2D eigenvalue weighted by molar-refractivity contribution is 6.07. The lowest BCUT2D eigenvalue weighted by atomic mass is 9.52. The molecule has 18 heteroatoms. The molecular formula is C44H52FN13O4. The van der Waals surface area contributed by atoms with Crippen LogP contribution in [0.3, 0.4) is 0 Å². The van der Waals surface area contributed by atoms with Crippen molar-refractivity contribution < 1.29 is 18.8 Å². The minimum Gasteiger partial charge on any atom is -0.368 e. The average molecular weight is 846 g/mol. The molecule has 0 radical (unpaired) electrons. The van der Waals surface area contributed by atoms with Crippen LogP contribution in [-0.4, -0.2) is 102 Å².